The van der Waals surface area contributed by atoms with E-state index < -0.39 is 0 Å². The van der Waals surface area contributed by atoms with Crippen LogP contribution in [0.4, 0.5) is 0 Å². The van der Waals surface area contributed by atoms with Gasteiger partial charge in [0.25, 0.3) is 0 Å². The summed E-state index contributed by atoms with van der Waals surface area (Å²) in [6.07, 6.45) is 3.48. The van der Waals surface area contributed by atoms with Gasteiger partial charge in [-0.15, -0.1) is 0 Å². The van der Waals surface area contributed by atoms with Gasteiger partial charge in [-0.3, -0.25) is 4.98 Å². The molecule has 3 rings (SSSR count). The SMILES string of the molecule is c1ccc(-c2ccc(-c3ccco3)cc2)nc1. The van der Waals surface area contributed by atoms with E-state index in [0.717, 1.165) is 22.6 Å². The Morgan fingerprint density at radius 3 is 2.24 bits per heavy atom. The van der Waals surface area contributed by atoms with E-state index >= 15 is 0 Å². The highest BCUT2D eigenvalue weighted by atomic mass is 16.3. The number of furan rings is 1. The van der Waals surface area contributed by atoms with Gasteiger partial charge in [0.1, 0.15) is 5.76 Å². The Labute approximate surface area is 99.6 Å². The third-order valence-corrected chi connectivity index (χ3v) is 2.65. The Morgan fingerprint density at radius 2 is 1.59 bits per heavy atom. The predicted octanol–water partition coefficient (Wildman–Crippen LogP) is 4.01. The maximum atomic E-state index is 5.35. The average molecular weight is 221 g/mol. The number of nitrogens with zero attached hydrogens (tertiary/aromatic N) is 1. The van der Waals surface area contributed by atoms with Gasteiger partial charge in [0, 0.05) is 17.3 Å². The van der Waals surface area contributed by atoms with Crippen LogP contribution >= 0.6 is 0 Å². The first-order valence-corrected chi connectivity index (χ1v) is 5.49. The average Bonchev–Trinajstić information content (AvgIpc) is 2.94. The van der Waals surface area contributed by atoms with Crippen molar-refractivity contribution in [3.63, 3.8) is 0 Å². The number of hydrogen-bond acceptors (Lipinski definition) is 2. The van der Waals surface area contributed by atoms with Crippen molar-refractivity contribution in [3.05, 3.63) is 67.1 Å². The zero-order valence-corrected chi connectivity index (χ0v) is 9.21. The fraction of sp³-hybridized carbons (Fsp3) is 0. The molecule has 2 nitrogen and oxygen atoms in total. The molecule has 2 heterocycles. The summed E-state index contributed by atoms with van der Waals surface area (Å²) in [5.74, 6) is 0.887. The summed E-state index contributed by atoms with van der Waals surface area (Å²) in [5, 5.41) is 0. The van der Waals surface area contributed by atoms with Gasteiger partial charge in [0.15, 0.2) is 0 Å². The van der Waals surface area contributed by atoms with Crippen molar-refractivity contribution in [3.8, 4) is 22.6 Å². The molecule has 3 aromatic rings. The molecule has 1 aromatic carbocycles. The van der Waals surface area contributed by atoms with Crippen LogP contribution in [0, 0.1) is 0 Å². The van der Waals surface area contributed by atoms with E-state index in [2.05, 4.69) is 17.1 Å². The maximum absolute atomic E-state index is 5.35. The van der Waals surface area contributed by atoms with E-state index in [4.69, 9.17) is 4.42 Å². The van der Waals surface area contributed by atoms with Gasteiger partial charge in [-0.05, 0) is 24.3 Å². The summed E-state index contributed by atoms with van der Waals surface area (Å²) < 4.78 is 5.35. The van der Waals surface area contributed by atoms with Gasteiger partial charge in [-0.2, -0.15) is 0 Å². The molecule has 0 aliphatic heterocycles. The van der Waals surface area contributed by atoms with Crippen LogP contribution < -0.4 is 0 Å². The minimum absolute atomic E-state index is 0.887. The fourth-order valence-corrected chi connectivity index (χ4v) is 1.78. The highest BCUT2D eigenvalue weighted by Gasteiger charge is 2.01. The second-order valence-corrected chi connectivity index (χ2v) is 3.77. The van der Waals surface area contributed by atoms with Crippen molar-refractivity contribution in [2.75, 3.05) is 0 Å². The molecule has 0 unspecified atom stereocenters. The first kappa shape index (κ1) is 9.85. The number of aromatic nitrogens is 1. The van der Waals surface area contributed by atoms with Crippen LogP contribution in [0.25, 0.3) is 22.6 Å². The third-order valence-electron chi connectivity index (χ3n) is 2.65. The van der Waals surface area contributed by atoms with E-state index in [-0.39, 0.29) is 0 Å². The zero-order chi connectivity index (χ0) is 11.5. The molecule has 0 spiro atoms. The van der Waals surface area contributed by atoms with Gasteiger partial charge < -0.3 is 4.42 Å². The van der Waals surface area contributed by atoms with Crippen molar-refractivity contribution < 1.29 is 4.42 Å². The van der Waals surface area contributed by atoms with Crippen LogP contribution in [0.5, 0.6) is 0 Å². The summed E-state index contributed by atoms with van der Waals surface area (Å²) in [6.45, 7) is 0. The molecule has 0 amide bonds. The van der Waals surface area contributed by atoms with E-state index in [1.807, 2.05) is 42.5 Å². The highest BCUT2D eigenvalue weighted by Crippen LogP contribution is 2.23. The largest absolute Gasteiger partial charge is 0.464 e. The highest BCUT2D eigenvalue weighted by molar-refractivity contribution is 5.65. The van der Waals surface area contributed by atoms with Crippen LogP contribution in [-0.2, 0) is 0 Å². The molecule has 0 fully saturated rings. The van der Waals surface area contributed by atoms with Crippen LogP contribution in [0.1, 0.15) is 0 Å². The Balaban J connectivity index is 1.96. The van der Waals surface area contributed by atoms with Gasteiger partial charge in [0.05, 0.1) is 12.0 Å². The van der Waals surface area contributed by atoms with Gasteiger partial charge in [-0.25, -0.2) is 0 Å². The monoisotopic (exact) mass is 221 g/mol. The molecule has 0 aliphatic rings. The predicted molar refractivity (Wildman–Crippen MR) is 67.4 cm³/mol. The lowest BCUT2D eigenvalue weighted by Gasteiger charge is -2.01. The van der Waals surface area contributed by atoms with Gasteiger partial charge >= 0.3 is 0 Å². The van der Waals surface area contributed by atoms with Crippen molar-refractivity contribution in [2.45, 2.75) is 0 Å². The molecule has 82 valence electrons. The summed E-state index contributed by atoms with van der Waals surface area (Å²) in [5.41, 5.74) is 3.18. The van der Waals surface area contributed by atoms with Crippen molar-refractivity contribution in [1.82, 2.24) is 4.98 Å². The molecule has 0 radical (unpaired) electrons. The summed E-state index contributed by atoms with van der Waals surface area (Å²) in [4.78, 5) is 4.32. The van der Waals surface area contributed by atoms with Crippen molar-refractivity contribution >= 4 is 0 Å². The number of pyridine rings is 1. The minimum atomic E-state index is 0.887. The molecule has 17 heavy (non-hydrogen) atoms. The summed E-state index contributed by atoms with van der Waals surface area (Å²) in [7, 11) is 0. The van der Waals surface area contributed by atoms with Crippen molar-refractivity contribution in [1.29, 1.82) is 0 Å². The Bertz CT molecular complexity index is 583. The molecular formula is C15H11NO. The second-order valence-electron chi connectivity index (χ2n) is 3.77. The van der Waals surface area contributed by atoms with Crippen LogP contribution in [0.15, 0.2) is 71.5 Å². The second kappa shape index (κ2) is 4.26. The minimum Gasteiger partial charge on any atom is -0.464 e. The van der Waals surface area contributed by atoms with E-state index in [1.165, 1.54) is 0 Å². The lowest BCUT2D eigenvalue weighted by molar-refractivity contribution is 0.582. The van der Waals surface area contributed by atoms with E-state index in [9.17, 15) is 0 Å². The zero-order valence-electron chi connectivity index (χ0n) is 9.21. The van der Waals surface area contributed by atoms with Crippen LogP contribution in [0.3, 0.4) is 0 Å². The Kier molecular flexibility index (Phi) is 2.47. The molecular weight excluding hydrogens is 210 g/mol. The Morgan fingerprint density at radius 1 is 0.765 bits per heavy atom. The maximum Gasteiger partial charge on any atom is 0.133 e. The van der Waals surface area contributed by atoms with E-state index in [0.29, 0.717) is 0 Å². The standard InChI is InChI=1S/C15H11NO/c1-2-10-16-14(4-1)12-6-8-13(9-7-12)15-5-3-11-17-15/h1-11H. The molecule has 0 atom stereocenters. The van der Waals surface area contributed by atoms with Gasteiger partial charge in [0.2, 0.25) is 0 Å². The molecule has 2 heteroatoms. The lowest BCUT2D eigenvalue weighted by Crippen LogP contribution is -1.81. The smallest absolute Gasteiger partial charge is 0.133 e. The van der Waals surface area contributed by atoms with E-state index in [1.54, 1.807) is 12.5 Å². The van der Waals surface area contributed by atoms with Crippen LogP contribution in [-0.4, -0.2) is 4.98 Å². The molecule has 0 saturated heterocycles. The summed E-state index contributed by atoms with van der Waals surface area (Å²) in [6, 6.07) is 18.0. The molecule has 0 N–H and O–H groups in total. The molecule has 0 aliphatic carbocycles. The number of rotatable bonds is 2. The van der Waals surface area contributed by atoms with Crippen LogP contribution in [0.2, 0.25) is 0 Å². The fourth-order valence-electron chi connectivity index (χ4n) is 1.78. The first-order valence-electron chi connectivity index (χ1n) is 5.49. The summed E-state index contributed by atoms with van der Waals surface area (Å²) >= 11 is 0. The van der Waals surface area contributed by atoms with Gasteiger partial charge in [-0.1, -0.05) is 30.3 Å². The van der Waals surface area contributed by atoms with Crippen molar-refractivity contribution in [2.24, 2.45) is 0 Å². The molecule has 0 saturated carbocycles. The first-order chi connectivity index (χ1) is 8.43. The number of hydrogen-bond donors (Lipinski definition) is 0. The quantitative estimate of drug-likeness (QED) is 0.653. The third kappa shape index (κ3) is 1.97. The lowest BCUT2D eigenvalue weighted by atomic mass is 10.1. The molecule has 0 bridgehead atoms. The normalized spacial score (nSPS) is 10.4. The number of benzene rings is 1. The molecule has 2 aromatic heterocycles. The Hall–Kier alpha value is -2.35. The topological polar surface area (TPSA) is 26.0 Å².